The van der Waals surface area contributed by atoms with Crippen LogP contribution in [0.4, 0.5) is 10.5 Å². The molecule has 1 N–H and O–H groups in total. The standard InChI is InChI=1S/C23H26N4O5/c1-23(26-25-22(29)24-17-11-7-4-8-12-17)19(21(28)30-2)20-18(13-14-27(20)32-23)31-15-16-9-5-3-6-10-16/h3-12,18-20H,13-15H2,1-2H3,(H,24,29)/b26-25+/t18-,19+,20-,23-/m0/s1. The van der Waals surface area contributed by atoms with Crippen LogP contribution in [0.25, 0.3) is 0 Å². The third kappa shape index (κ3) is 4.69. The summed E-state index contributed by atoms with van der Waals surface area (Å²) in [5, 5.41) is 12.2. The zero-order valence-corrected chi connectivity index (χ0v) is 18.0. The van der Waals surface area contributed by atoms with Gasteiger partial charge in [0.2, 0.25) is 5.72 Å². The molecule has 0 radical (unpaired) electrons. The Hall–Kier alpha value is -3.14. The van der Waals surface area contributed by atoms with Crippen molar-refractivity contribution in [3.63, 3.8) is 0 Å². The minimum atomic E-state index is -1.39. The highest BCUT2D eigenvalue weighted by atomic mass is 16.7. The molecule has 0 bridgehead atoms. The molecule has 0 aromatic heterocycles. The van der Waals surface area contributed by atoms with E-state index < -0.39 is 29.7 Å². The zero-order chi connectivity index (χ0) is 22.6. The number of azo groups is 1. The summed E-state index contributed by atoms with van der Waals surface area (Å²) in [6.07, 6.45) is 0.446. The first kappa shape index (κ1) is 22.1. The van der Waals surface area contributed by atoms with E-state index >= 15 is 0 Å². The van der Waals surface area contributed by atoms with Crippen molar-refractivity contribution in [2.75, 3.05) is 19.0 Å². The molecule has 4 atom stereocenters. The number of urea groups is 1. The van der Waals surface area contributed by atoms with Crippen molar-refractivity contribution in [1.82, 2.24) is 5.06 Å². The molecule has 0 spiro atoms. The first-order valence-electron chi connectivity index (χ1n) is 10.5. The van der Waals surface area contributed by atoms with Gasteiger partial charge in [-0.3, -0.25) is 9.63 Å². The van der Waals surface area contributed by atoms with E-state index in [4.69, 9.17) is 14.3 Å². The normalized spacial score (nSPS) is 27.4. The maximum absolute atomic E-state index is 12.7. The summed E-state index contributed by atoms with van der Waals surface area (Å²) in [4.78, 5) is 31.0. The lowest BCUT2D eigenvalue weighted by atomic mass is 9.88. The summed E-state index contributed by atoms with van der Waals surface area (Å²) in [5.74, 6) is -1.29. The SMILES string of the molecule is COC(=O)[C@H]1[C@@H]2[C@@H](OCc3ccccc3)CCN2O[C@]1(C)/N=N/C(=O)Nc1ccccc1. The number of para-hydroxylation sites is 1. The third-order valence-corrected chi connectivity index (χ3v) is 5.69. The number of hydroxylamine groups is 2. The number of amides is 2. The van der Waals surface area contributed by atoms with E-state index in [0.717, 1.165) is 5.56 Å². The number of anilines is 1. The lowest BCUT2D eigenvalue weighted by Crippen LogP contribution is -2.44. The quantitative estimate of drug-likeness (QED) is 0.544. The number of methoxy groups -OCH3 is 1. The van der Waals surface area contributed by atoms with Crippen molar-refractivity contribution in [3.8, 4) is 0 Å². The Bertz CT molecular complexity index is 971. The van der Waals surface area contributed by atoms with E-state index in [1.165, 1.54) is 7.11 Å². The second-order valence-corrected chi connectivity index (χ2v) is 7.90. The molecule has 2 saturated heterocycles. The van der Waals surface area contributed by atoms with Crippen LogP contribution in [-0.2, 0) is 25.7 Å². The van der Waals surface area contributed by atoms with E-state index in [1.807, 2.05) is 36.4 Å². The number of hydrogen-bond donors (Lipinski definition) is 1. The smallest absolute Gasteiger partial charge is 0.363 e. The first-order chi connectivity index (χ1) is 15.5. The second-order valence-electron chi connectivity index (χ2n) is 7.90. The molecule has 0 saturated carbocycles. The van der Waals surface area contributed by atoms with Crippen LogP contribution >= 0.6 is 0 Å². The number of nitrogens with one attached hydrogen (secondary N) is 1. The van der Waals surface area contributed by atoms with Crippen molar-refractivity contribution in [2.45, 2.75) is 37.8 Å². The topological polar surface area (TPSA) is 102 Å². The largest absolute Gasteiger partial charge is 0.469 e. The maximum atomic E-state index is 12.7. The van der Waals surface area contributed by atoms with Crippen molar-refractivity contribution in [1.29, 1.82) is 0 Å². The van der Waals surface area contributed by atoms with Gasteiger partial charge in [0.05, 0.1) is 25.9 Å². The van der Waals surface area contributed by atoms with Crippen molar-refractivity contribution in [2.24, 2.45) is 16.1 Å². The molecule has 0 unspecified atom stereocenters. The lowest BCUT2D eigenvalue weighted by molar-refractivity contribution is -0.194. The lowest BCUT2D eigenvalue weighted by Gasteiger charge is -2.26. The van der Waals surface area contributed by atoms with Gasteiger partial charge in [-0.05, 0) is 31.0 Å². The summed E-state index contributed by atoms with van der Waals surface area (Å²) in [6, 6.07) is 17.7. The predicted octanol–water partition coefficient (Wildman–Crippen LogP) is 3.78. The van der Waals surface area contributed by atoms with Crippen LogP contribution < -0.4 is 5.32 Å². The monoisotopic (exact) mass is 438 g/mol. The fourth-order valence-corrected chi connectivity index (χ4v) is 4.20. The van der Waals surface area contributed by atoms with Crippen molar-refractivity contribution >= 4 is 17.7 Å². The van der Waals surface area contributed by atoms with Crippen LogP contribution in [0.3, 0.4) is 0 Å². The van der Waals surface area contributed by atoms with Crippen LogP contribution in [0.2, 0.25) is 0 Å². The minimum absolute atomic E-state index is 0.255. The molecule has 32 heavy (non-hydrogen) atoms. The van der Waals surface area contributed by atoms with E-state index in [0.29, 0.717) is 25.3 Å². The Labute approximate surface area is 186 Å². The Morgan fingerprint density at radius 2 is 1.84 bits per heavy atom. The van der Waals surface area contributed by atoms with Crippen molar-refractivity contribution < 1.29 is 23.9 Å². The Kier molecular flexibility index (Phi) is 6.59. The Balaban J connectivity index is 1.48. The van der Waals surface area contributed by atoms with E-state index in [-0.39, 0.29) is 6.10 Å². The zero-order valence-electron chi connectivity index (χ0n) is 18.0. The second kappa shape index (κ2) is 9.56. The summed E-state index contributed by atoms with van der Waals surface area (Å²) < 4.78 is 11.2. The molecule has 2 aliphatic rings. The summed E-state index contributed by atoms with van der Waals surface area (Å²) in [7, 11) is 1.32. The molecular weight excluding hydrogens is 412 g/mol. The fourth-order valence-electron chi connectivity index (χ4n) is 4.20. The van der Waals surface area contributed by atoms with Gasteiger partial charge < -0.3 is 14.8 Å². The van der Waals surface area contributed by atoms with Crippen LogP contribution in [0.15, 0.2) is 70.9 Å². The number of carbonyl (C=O) groups excluding carboxylic acids is 2. The number of nitrogens with zero attached hydrogens (tertiary/aromatic N) is 3. The molecule has 168 valence electrons. The highest BCUT2D eigenvalue weighted by Gasteiger charge is 2.61. The first-order valence-corrected chi connectivity index (χ1v) is 10.5. The minimum Gasteiger partial charge on any atom is -0.469 e. The third-order valence-electron chi connectivity index (χ3n) is 5.69. The van der Waals surface area contributed by atoms with Crippen molar-refractivity contribution in [3.05, 3.63) is 66.2 Å². The van der Waals surface area contributed by atoms with Crippen LogP contribution in [-0.4, -0.2) is 48.6 Å². The number of carbonyl (C=O) groups is 2. The van der Waals surface area contributed by atoms with Gasteiger partial charge in [0, 0.05) is 12.2 Å². The molecule has 2 heterocycles. The van der Waals surface area contributed by atoms with Gasteiger partial charge in [0.25, 0.3) is 0 Å². The summed E-state index contributed by atoms with van der Waals surface area (Å²) >= 11 is 0. The number of esters is 1. The molecule has 9 heteroatoms. The van der Waals surface area contributed by atoms with Crippen LogP contribution in [0, 0.1) is 5.92 Å². The van der Waals surface area contributed by atoms with E-state index in [2.05, 4.69) is 15.5 Å². The number of benzene rings is 2. The predicted molar refractivity (Wildman–Crippen MR) is 115 cm³/mol. The number of hydrogen-bond acceptors (Lipinski definition) is 7. The van der Waals surface area contributed by atoms with Crippen LogP contribution in [0.1, 0.15) is 18.9 Å². The fraction of sp³-hybridized carbons (Fsp3) is 0.391. The molecule has 2 aliphatic heterocycles. The maximum Gasteiger partial charge on any atom is 0.363 e. The number of fused-ring (bicyclic) bond motifs is 1. The molecule has 2 amide bonds. The highest BCUT2D eigenvalue weighted by Crippen LogP contribution is 2.44. The highest BCUT2D eigenvalue weighted by molar-refractivity contribution is 5.89. The van der Waals surface area contributed by atoms with Gasteiger partial charge in [-0.15, -0.1) is 5.11 Å². The van der Waals surface area contributed by atoms with Gasteiger partial charge in [0.1, 0.15) is 5.92 Å². The molecule has 2 aromatic rings. The van der Waals surface area contributed by atoms with Gasteiger partial charge in [-0.2, -0.15) is 5.06 Å². The Morgan fingerprint density at radius 3 is 2.53 bits per heavy atom. The summed E-state index contributed by atoms with van der Waals surface area (Å²) in [5.41, 5.74) is 0.244. The van der Waals surface area contributed by atoms with Crippen LogP contribution in [0.5, 0.6) is 0 Å². The Morgan fingerprint density at radius 1 is 1.16 bits per heavy atom. The molecule has 2 fully saturated rings. The molecular formula is C23H26N4O5. The molecule has 4 rings (SSSR count). The van der Waals surface area contributed by atoms with E-state index in [1.54, 1.807) is 36.3 Å². The number of ether oxygens (including phenoxy) is 2. The average Bonchev–Trinajstić information content (AvgIpc) is 3.32. The number of rotatable bonds is 6. The van der Waals surface area contributed by atoms with Gasteiger partial charge in [0.15, 0.2) is 0 Å². The van der Waals surface area contributed by atoms with Gasteiger partial charge in [-0.1, -0.05) is 53.6 Å². The molecule has 0 aliphatic carbocycles. The van der Waals surface area contributed by atoms with E-state index in [9.17, 15) is 9.59 Å². The molecule has 9 nitrogen and oxygen atoms in total. The van der Waals surface area contributed by atoms with Gasteiger partial charge >= 0.3 is 12.0 Å². The summed E-state index contributed by atoms with van der Waals surface area (Å²) in [6.45, 7) is 2.61. The molecule has 2 aromatic carbocycles. The van der Waals surface area contributed by atoms with Gasteiger partial charge in [-0.25, -0.2) is 4.79 Å². The average molecular weight is 438 g/mol.